The van der Waals surface area contributed by atoms with Gasteiger partial charge in [0.2, 0.25) is 0 Å². The maximum atomic E-state index is 8.71. The van der Waals surface area contributed by atoms with Crippen LogP contribution in [-0.2, 0) is 0 Å². The normalized spacial score (nSPS) is 18.8. The second kappa shape index (κ2) is 5.51. The lowest BCUT2D eigenvalue weighted by Crippen LogP contribution is -2.52. The van der Waals surface area contributed by atoms with Crippen LogP contribution in [0.2, 0.25) is 0 Å². The molecule has 0 radical (unpaired) electrons. The second-order valence-electron chi connectivity index (χ2n) is 3.68. The van der Waals surface area contributed by atoms with Gasteiger partial charge in [0.05, 0.1) is 0 Å². The Labute approximate surface area is 75.3 Å². The minimum absolute atomic E-state index is 0.0224. The van der Waals surface area contributed by atoms with Crippen LogP contribution in [0.15, 0.2) is 0 Å². The Morgan fingerprint density at radius 3 is 2.50 bits per heavy atom. The first-order valence-corrected chi connectivity index (χ1v) is 4.66. The molecule has 0 saturated carbocycles. The van der Waals surface area contributed by atoms with E-state index in [9.17, 15) is 0 Å². The summed E-state index contributed by atoms with van der Waals surface area (Å²) in [5.41, 5.74) is 5.66. The summed E-state index contributed by atoms with van der Waals surface area (Å²) in [6.45, 7) is 7.17. The Balaban J connectivity index is 3.84. The summed E-state index contributed by atoms with van der Waals surface area (Å²) in [6.07, 6.45) is 1.80. The standard InChI is InChI=1S/C9H22N2O/c1-4-9(3,7-10)11-8(2)5-6-12/h8,11-12H,4-7,10H2,1-3H3. The molecule has 74 valence electrons. The summed E-state index contributed by atoms with van der Waals surface area (Å²) in [6, 6.07) is 0.337. The SMILES string of the molecule is CCC(C)(CN)NC(C)CCO. The van der Waals surface area contributed by atoms with Crippen molar-refractivity contribution in [3.05, 3.63) is 0 Å². The molecule has 0 aromatic rings. The molecule has 3 heteroatoms. The predicted molar refractivity (Wildman–Crippen MR) is 52.1 cm³/mol. The van der Waals surface area contributed by atoms with Crippen molar-refractivity contribution >= 4 is 0 Å². The van der Waals surface area contributed by atoms with Gasteiger partial charge in [-0.3, -0.25) is 0 Å². The van der Waals surface area contributed by atoms with Crippen LogP contribution in [0.25, 0.3) is 0 Å². The van der Waals surface area contributed by atoms with E-state index in [4.69, 9.17) is 10.8 Å². The van der Waals surface area contributed by atoms with E-state index in [-0.39, 0.29) is 12.1 Å². The first kappa shape index (κ1) is 11.9. The van der Waals surface area contributed by atoms with E-state index in [1.807, 2.05) is 0 Å². The van der Waals surface area contributed by atoms with E-state index >= 15 is 0 Å². The molecule has 0 rings (SSSR count). The monoisotopic (exact) mass is 174 g/mol. The Morgan fingerprint density at radius 1 is 1.58 bits per heavy atom. The average Bonchev–Trinajstić information content (AvgIpc) is 2.05. The molecule has 12 heavy (non-hydrogen) atoms. The van der Waals surface area contributed by atoms with Crippen molar-refractivity contribution in [1.82, 2.24) is 5.32 Å². The molecular formula is C9H22N2O. The fourth-order valence-corrected chi connectivity index (χ4v) is 1.17. The highest BCUT2D eigenvalue weighted by molar-refractivity contribution is 4.84. The van der Waals surface area contributed by atoms with Crippen molar-refractivity contribution in [2.45, 2.75) is 45.2 Å². The van der Waals surface area contributed by atoms with Gasteiger partial charge in [-0.25, -0.2) is 0 Å². The molecule has 0 aliphatic carbocycles. The fourth-order valence-electron chi connectivity index (χ4n) is 1.17. The maximum Gasteiger partial charge on any atom is 0.0445 e. The van der Waals surface area contributed by atoms with Crippen LogP contribution in [0, 0.1) is 0 Å². The number of hydrogen-bond acceptors (Lipinski definition) is 3. The average molecular weight is 174 g/mol. The van der Waals surface area contributed by atoms with Gasteiger partial charge in [-0.05, 0) is 26.7 Å². The highest BCUT2D eigenvalue weighted by Gasteiger charge is 2.21. The molecule has 0 heterocycles. The Morgan fingerprint density at radius 2 is 2.17 bits per heavy atom. The summed E-state index contributed by atoms with van der Waals surface area (Å²) in [5.74, 6) is 0. The van der Waals surface area contributed by atoms with Gasteiger partial charge in [0.15, 0.2) is 0 Å². The van der Waals surface area contributed by atoms with Crippen LogP contribution < -0.4 is 11.1 Å². The number of nitrogens with two attached hydrogens (primary N) is 1. The molecule has 3 nitrogen and oxygen atoms in total. The molecule has 0 spiro atoms. The van der Waals surface area contributed by atoms with Crippen molar-refractivity contribution < 1.29 is 5.11 Å². The summed E-state index contributed by atoms with van der Waals surface area (Å²) < 4.78 is 0. The third kappa shape index (κ3) is 4.04. The molecule has 0 aromatic carbocycles. The molecule has 2 unspecified atom stereocenters. The smallest absolute Gasteiger partial charge is 0.0445 e. The van der Waals surface area contributed by atoms with Gasteiger partial charge in [0.1, 0.15) is 0 Å². The number of aliphatic hydroxyl groups is 1. The van der Waals surface area contributed by atoms with E-state index in [0.29, 0.717) is 12.6 Å². The lowest BCUT2D eigenvalue weighted by molar-refractivity contribution is 0.241. The van der Waals surface area contributed by atoms with Gasteiger partial charge in [0.25, 0.3) is 0 Å². The zero-order chi connectivity index (χ0) is 9.61. The van der Waals surface area contributed by atoms with Gasteiger partial charge < -0.3 is 16.2 Å². The van der Waals surface area contributed by atoms with Gasteiger partial charge in [-0.1, -0.05) is 6.92 Å². The summed E-state index contributed by atoms with van der Waals surface area (Å²) >= 11 is 0. The van der Waals surface area contributed by atoms with Crippen molar-refractivity contribution in [2.24, 2.45) is 5.73 Å². The van der Waals surface area contributed by atoms with Gasteiger partial charge in [-0.15, -0.1) is 0 Å². The van der Waals surface area contributed by atoms with E-state index in [2.05, 4.69) is 26.1 Å². The van der Waals surface area contributed by atoms with Gasteiger partial charge in [0, 0.05) is 24.7 Å². The fraction of sp³-hybridized carbons (Fsp3) is 1.00. The first-order chi connectivity index (χ1) is 5.58. The maximum absolute atomic E-state index is 8.71. The van der Waals surface area contributed by atoms with E-state index in [1.165, 1.54) is 0 Å². The van der Waals surface area contributed by atoms with Crippen molar-refractivity contribution in [2.75, 3.05) is 13.2 Å². The number of nitrogens with one attached hydrogen (secondary N) is 1. The first-order valence-electron chi connectivity index (χ1n) is 4.66. The van der Waals surface area contributed by atoms with Crippen molar-refractivity contribution in [1.29, 1.82) is 0 Å². The largest absolute Gasteiger partial charge is 0.396 e. The summed E-state index contributed by atoms with van der Waals surface area (Å²) in [7, 11) is 0. The Bertz CT molecular complexity index is 113. The topological polar surface area (TPSA) is 58.3 Å². The molecular weight excluding hydrogens is 152 g/mol. The number of aliphatic hydroxyl groups excluding tert-OH is 1. The quantitative estimate of drug-likeness (QED) is 0.549. The van der Waals surface area contributed by atoms with Crippen LogP contribution >= 0.6 is 0 Å². The summed E-state index contributed by atoms with van der Waals surface area (Å²) in [5, 5.41) is 12.1. The number of hydrogen-bond donors (Lipinski definition) is 3. The van der Waals surface area contributed by atoms with Gasteiger partial charge >= 0.3 is 0 Å². The molecule has 0 aliphatic rings. The molecule has 0 amide bonds. The second-order valence-corrected chi connectivity index (χ2v) is 3.68. The minimum Gasteiger partial charge on any atom is -0.396 e. The molecule has 0 fully saturated rings. The van der Waals surface area contributed by atoms with E-state index in [0.717, 1.165) is 12.8 Å². The van der Waals surface area contributed by atoms with Gasteiger partial charge in [-0.2, -0.15) is 0 Å². The lowest BCUT2D eigenvalue weighted by atomic mass is 9.97. The van der Waals surface area contributed by atoms with Crippen molar-refractivity contribution in [3.63, 3.8) is 0 Å². The predicted octanol–water partition coefficient (Wildman–Crippen LogP) is 0.474. The van der Waals surface area contributed by atoms with E-state index in [1.54, 1.807) is 0 Å². The third-order valence-electron chi connectivity index (χ3n) is 2.39. The van der Waals surface area contributed by atoms with Crippen LogP contribution in [0.3, 0.4) is 0 Å². The zero-order valence-electron chi connectivity index (χ0n) is 8.43. The van der Waals surface area contributed by atoms with Crippen molar-refractivity contribution in [3.8, 4) is 0 Å². The number of rotatable bonds is 6. The minimum atomic E-state index is 0.0224. The van der Waals surface area contributed by atoms with Crippen LogP contribution in [-0.4, -0.2) is 29.8 Å². The summed E-state index contributed by atoms with van der Waals surface area (Å²) in [4.78, 5) is 0. The highest BCUT2D eigenvalue weighted by Crippen LogP contribution is 2.08. The van der Waals surface area contributed by atoms with Crippen LogP contribution in [0.5, 0.6) is 0 Å². The van der Waals surface area contributed by atoms with E-state index < -0.39 is 0 Å². The Hall–Kier alpha value is -0.120. The highest BCUT2D eigenvalue weighted by atomic mass is 16.3. The molecule has 0 saturated heterocycles. The molecule has 4 N–H and O–H groups in total. The van der Waals surface area contributed by atoms with Crippen LogP contribution in [0.4, 0.5) is 0 Å². The zero-order valence-corrected chi connectivity index (χ0v) is 8.43. The Kier molecular flexibility index (Phi) is 5.46. The molecule has 0 aliphatic heterocycles. The third-order valence-corrected chi connectivity index (χ3v) is 2.39. The molecule has 0 bridgehead atoms. The lowest BCUT2D eigenvalue weighted by Gasteiger charge is -2.31. The molecule has 2 atom stereocenters. The van der Waals surface area contributed by atoms with Crippen LogP contribution in [0.1, 0.15) is 33.6 Å². The molecule has 0 aromatic heterocycles.